The summed E-state index contributed by atoms with van der Waals surface area (Å²) in [6.07, 6.45) is 6.94. The molecule has 0 saturated carbocycles. The number of hydrogen-bond acceptors (Lipinski definition) is 6. The molecule has 2 aromatic heterocycles. The number of aromatic nitrogens is 3. The molecule has 3 heterocycles. The van der Waals surface area contributed by atoms with Crippen LogP contribution in [-0.2, 0) is 0 Å². The van der Waals surface area contributed by atoms with Crippen LogP contribution in [0, 0.1) is 6.92 Å². The van der Waals surface area contributed by atoms with Gasteiger partial charge in [-0.25, -0.2) is 9.48 Å². The van der Waals surface area contributed by atoms with Gasteiger partial charge in [-0.1, -0.05) is 0 Å². The van der Waals surface area contributed by atoms with E-state index < -0.39 is 5.97 Å². The minimum absolute atomic E-state index is 0.190. The van der Waals surface area contributed by atoms with Crippen molar-refractivity contribution in [3.05, 3.63) is 35.8 Å². The lowest BCUT2D eigenvalue weighted by Crippen LogP contribution is -2.39. The SMILES string of the molecule is Cc1cnn(C2CCCN(CCN)C2)c1Nc1cnccc1C(=O)O. The van der Waals surface area contributed by atoms with E-state index in [2.05, 4.69) is 20.3 Å². The summed E-state index contributed by atoms with van der Waals surface area (Å²) >= 11 is 0. The molecule has 3 rings (SSSR count). The normalized spacial score (nSPS) is 18.2. The van der Waals surface area contributed by atoms with Crippen molar-refractivity contribution in [1.29, 1.82) is 0 Å². The number of likely N-dealkylation sites (tertiary alicyclic amines) is 1. The smallest absolute Gasteiger partial charge is 0.337 e. The number of aromatic carboxylic acids is 1. The average molecular weight is 344 g/mol. The first-order valence-corrected chi connectivity index (χ1v) is 8.51. The number of carbonyl (C=O) groups is 1. The second-order valence-corrected chi connectivity index (χ2v) is 6.36. The summed E-state index contributed by atoms with van der Waals surface area (Å²) in [5, 5.41) is 17.1. The number of nitrogens with one attached hydrogen (secondary N) is 1. The van der Waals surface area contributed by atoms with E-state index in [0.717, 1.165) is 43.9 Å². The average Bonchev–Trinajstić information content (AvgIpc) is 2.96. The van der Waals surface area contributed by atoms with Gasteiger partial charge in [-0.15, -0.1) is 0 Å². The van der Waals surface area contributed by atoms with Crippen molar-refractivity contribution in [3.8, 4) is 0 Å². The molecule has 1 aliphatic rings. The van der Waals surface area contributed by atoms with E-state index in [1.165, 1.54) is 18.5 Å². The quantitative estimate of drug-likeness (QED) is 0.730. The van der Waals surface area contributed by atoms with Crippen molar-refractivity contribution in [2.24, 2.45) is 5.73 Å². The number of aryl methyl sites for hydroxylation is 1. The van der Waals surface area contributed by atoms with Gasteiger partial charge in [-0.05, 0) is 32.4 Å². The molecule has 2 aromatic rings. The second kappa shape index (κ2) is 7.62. The summed E-state index contributed by atoms with van der Waals surface area (Å²) in [6.45, 7) is 5.44. The fraction of sp³-hybridized carbons (Fsp3) is 0.471. The molecule has 0 aromatic carbocycles. The Morgan fingerprint density at radius 1 is 1.48 bits per heavy atom. The van der Waals surface area contributed by atoms with Crippen LogP contribution < -0.4 is 11.1 Å². The maximum absolute atomic E-state index is 11.4. The maximum Gasteiger partial charge on any atom is 0.337 e. The van der Waals surface area contributed by atoms with Crippen molar-refractivity contribution in [1.82, 2.24) is 19.7 Å². The number of carboxylic acid groups (broad SMARTS) is 1. The first-order valence-electron chi connectivity index (χ1n) is 8.51. The predicted molar refractivity (Wildman–Crippen MR) is 95.2 cm³/mol. The van der Waals surface area contributed by atoms with E-state index in [1.54, 1.807) is 6.20 Å². The van der Waals surface area contributed by atoms with Gasteiger partial charge in [-0.2, -0.15) is 5.10 Å². The second-order valence-electron chi connectivity index (χ2n) is 6.36. The third-order valence-electron chi connectivity index (χ3n) is 4.55. The Labute approximate surface area is 146 Å². The minimum atomic E-state index is -0.986. The van der Waals surface area contributed by atoms with E-state index in [-0.39, 0.29) is 11.6 Å². The summed E-state index contributed by atoms with van der Waals surface area (Å²) in [7, 11) is 0. The number of pyridine rings is 1. The van der Waals surface area contributed by atoms with Crippen LogP contribution in [-0.4, -0.2) is 56.9 Å². The van der Waals surface area contributed by atoms with Crippen molar-refractivity contribution in [2.75, 3.05) is 31.5 Å². The molecule has 0 aliphatic carbocycles. The number of nitrogens with zero attached hydrogens (tertiary/aromatic N) is 4. The van der Waals surface area contributed by atoms with Crippen LogP contribution in [0.3, 0.4) is 0 Å². The summed E-state index contributed by atoms with van der Waals surface area (Å²) < 4.78 is 1.97. The lowest BCUT2D eigenvalue weighted by molar-refractivity contribution is 0.0698. The molecule has 8 heteroatoms. The molecule has 1 aliphatic heterocycles. The monoisotopic (exact) mass is 344 g/mol. The minimum Gasteiger partial charge on any atom is -0.478 e. The van der Waals surface area contributed by atoms with E-state index in [9.17, 15) is 9.90 Å². The number of piperidine rings is 1. The fourth-order valence-electron chi connectivity index (χ4n) is 3.31. The van der Waals surface area contributed by atoms with Crippen LogP contribution in [0.4, 0.5) is 11.5 Å². The standard InChI is InChI=1S/C17H24N6O2/c1-12-9-20-23(13-3-2-7-22(11-13)8-5-18)16(12)21-15-10-19-6-4-14(15)17(24)25/h4,6,9-10,13,21H,2-3,5,7-8,11,18H2,1H3,(H,24,25). The van der Waals surface area contributed by atoms with Gasteiger partial charge in [0, 0.05) is 31.4 Å². The number of nitrogens with two attached hydrogens (primary N) is 1. The van der Waals surface area contributed by atoms with E-state index in [0.29, 0.717) is 12.2 Å². The van der Waals surface area contributed by atoms with E-state index in [4.69, 9.17) is 5.73 Å². The van der Waals surface area contributed by atoms with Crippen LogP contribution in [0.25, 0.3) is 0 Å². The van der Waals surface area contributed by atoms with E-state index >= 15 is 0 Å². The number of carboxylic acids is 1. The molecule has 0 radical (unpaired) electrons. The van der Waals surface area contributed by atoms with Gasteiger partial charge in [0.2, 0.25) is 0 Å². The lowest BCUT2D eigenvalue weighted by Gasteiger charge is -2.33. The third-order valence-corrected chi connectivity index (χ3v) is 4.55. The zero-order valence-corrected chi connectivity index (χ0v) is 14.4. The zero-order valence-electron chi connectivity index (χ0n) is 14.4. The molecule has 4 N–H and O–H groups in total. The molecular weight excluding hydrogens is 320 g/mol. The van der Waals surface area contributed by atoms with Crippen molar-refractivity contribution >= 4 is 17.5 Å². The Morgan fingerprint density at radius 3 is 3.08 bits per heavy atom. The number of rotatable bonds is 6. The largest absolute Gasteiger partial charge is 0.478 e. The van der Waals surface area contributed by atoms with Crippen LogP contribution in [0.15, 0.2) is 24.7 Å². The van der Waals surface area contributed by atoms with Gasteiger partial charge in [-0.3, -0.25) is 9.88 Å². The summed E-state index contributed by atoms with van der Waals surface area (Å²) in [6, 6.07) is 1.73. The van der Waals surface area contributed by atoms with Crippen LogP contribution in [0.5, 0.6) is 0 Å². The topological polar surface area (TPSA) is 109 Å². The third kappa shape index (κ3) is 3.80. The van der Waals surface area contributed by atoms with Crippen molar-refractivity contribution in [2.45, 2.75) is 25.8 Å². The summed E-state index contributed by atoms with van der Waals surface area (Å²) in [5.74, 6) is -0.171. The molecule has 1 unspecified atom stereocenters. The van der Waals surface area contributed by atoms with E-state index in [1.807, 2.05) is 11.6 Å². The zero-order chi connectivity index (χ0) is 17.8. The molecule has 1 saturated heterocycles. The molecule has 8 nitrogen and oxygen atoms in total. The summed E-state index contributed by atoms with van der Waals surface area (Å²) in [5.41, 5.74) is 7.31. The first-order chi connectivity index (χ1) is 12.1. The van der Waals surface area contributed by atoms with Gasteiger partial charge in [0.15, 0.2) is 0 Å². The Morgan fingerprint density at radius 2 is 2.32 bits per heavy atom. The van der Waals surface area contributed by atoms with Crippen LogP contribution >= 0.6 is 0 Å². The van der Waals surface area contributed by atoms with Crippen molar-refractivity contribution < 1.29 is 9.90 Å². The Bertz CT molecular complexity index is 742. The van der Waals surface area contributed by atoms with Gasteiger partial charge in [0.05, 0.1) is 29.7 Å². The predicted octanol–water partition coefficient (Wildman–Crippen LogP) is 1.62. The first kappa shape index (κ1) is 17.4. The Hall–Kier alpha value is -2.45. The summed E-state index contributed by atoms with van der Waals surface area (Å²) in [4.78, 5) is 17.8. The van der Waals surface area contributed by atoms with Gasteiger partial charge < -0.3 is 16.2 Å². The Kier molecular flexibility index (Phi) is 5.30. The van der Waals surface area contributed by atoms with Crippen LogP contribution in [0.1, 0.15) is 34.8 Å². The number of anilines is 2. The lowest BCUT2D eigenvalue weighted by atomic mass is 10.1. The fourth-order valence-corrected chi connectivity index (χ4v) is 3.31. The highest BCUT2D eigenvalue weighted by Gasteiger charge is 2.24. The highest BCUT2D eigenvalue weighted by molar-refractivity contribution is 5.94. The molecular formula is C17H24N6O2. The van der Waals surface area contributed by atoms with Gasteiger partial charge in [0.25, 0.3) is 0 Å². The van der Waals surface area contributed by atoms with Crippen LogP contribution in [0.2, 0.25) is 0 Å². The maximum atomic E-state index is 11.4. The van der Waals surface area contributed by atoms with Gasteiger partial charge in [0.1, 0.15) is 5.82 Å². The molecule has 134 valence electrons. The highest BCUT2D eigenvalue weighted by Crippen LogP contribution is 2.29. The molecule has 0 bridgehead atoms. The number of hydrogen-bond donors (Lipinski definition) is 3. The van der Waals surface area contributed by atoms with Crippen molar-refractivity contribution in [3.63, 3.8) is 0 Å². The highest BCUT2D eigenvalue weighted by atomic mass is 16.4. The molecule has 0 amide bonds. The molecule has 0 spiro atoms. The molecule has 25 heavy (non-hydrogen) atoms. The van der Waals surface area contributed by atoms with Gasteiger partial charge >= 0.3 is 5.97 Å². The molecule has 1 atom stereocenters. The molecule has 1 fully saturated rings. The Balaban J connectivity index is 1.86.